The Morgan fingerprint density at radius 2 is 1.86 bits per heavy atom. The highest BCUT2D eigenvalue weighted by Crippen LogP contribution is 2.20. The molecule has 0 unspecified atom stereocenters. The molecule has 1 amide bonds. The van der Waals surface area contributed by atoms with Gasteiger partial charge in [0.15, 0.2) is 5.76 Å². The second kappa shape index (κ2) is 6.25. The molecule has 0 fully saturated rings. The topological polar surface area (TPSA) is 54.6 Å². The number of halogens is 3. The maximum Gasteiger partial charge on any atom is 0.431 e. The molecule has 4 nitrogen and oxygen atoms in total. The summed E-state index contributed by atoms with van der Waals surface area (Å²) < 4.78 is 43.4. The zero-order valence-corrected chi connectivity index (χ0v) is 10.7. The van der Waals surface area contributed by atoms with Gasteiger partial charge >= 0.3 is 12.1 Å². The molecule has 7 heteroatoms. The number of hydrogen-bond donors (Lipinski definition) is 1. The monoisotopic (exact) mass is 296 g/mol. The minimum atomic E-state index is -4.63. The Hall–Kier alpha value is -2.57. The van der Waals surface area contributed by atoms with Crippen LogP contribution in [0.1, 0.15) is 16.1 Å². The predicted molar refractivity (Wildman–Crippen MR) is 69.8 cm³/mol. The fourth-order valence-corrected chi connectivity index (χ4v) is 1.57. The van der Waals surface area contributed by atoms with Crippen LogP contribution in [0.15, 0.2) is 58.2 Å². The summed E-state index contributed by atoms with van der Waals surface area (Å²) in [7, 11) is 0. The molecule has 0 aliphatic heterocycles. The molecule has 0 atom stereocenters. The van der Waals surface area contributed by atoms with Gasteiger partial charge in [0.05, 0.1) is 6.26 Å². The number of hydrazone groups is 1. The van der Waals surface area contributed by atoms with Gasteiger partial charge in [-0.15, -0.1) is 0 Å². The third kappa shape index (κ3) is 4.20. The van der Waals surface area contributed by atoms with E-state index in [1.165, 1.54) is 18.4 Å². The quantitative estimate of drug-likeness (QED) is 0.696. The molecular weight excluding hydrogens is 285 g/mol. The molecule has 0 radical (unpaired) electrons. The standard InChI is InChI=1S/C14H11F3N2O2/c15-14(16,17)12(9-10-5-2-1-3-6-10)18-19-13(20)11-7-4-8-21-11/h1-8H,9H2,(H,19,20). The number of amides is 1. The number of benzene rings is 1. The van der Waals surface area contributed by atoms with Crippen LogP contribution in [0.25, 0.3) is 0 Å². The van der Waals surface area contributed by atoms with E-state index in [-0.39, 0.29) is 5.76 Å². The molecule has 1 aromatic heterocycles. The molecule has 2 rings (SSSR count). The van der Waals surface area contributed by atoms with Gasteiger partial charge in [0.2, 0.25) is 0 Å². The molecular formula is C14H11F3N2O2. The molecule has 0 aliphatic carbocycles. The first-order chi connectivity index (χ1) is 9.97. The van der Waals surface area contributed by atoms with Crippen molar-refractivity contribution in [3.8, 4) is 0 Å². The van der Waals surface area contributed by atoms with Crippen molar-refractivity contribution in [2.24, 2.45) is 5.10 Å². The molecule has 21 heavy (non-hydrogen) atoms. The van der Waals surface area contributed by atoms with Gasteiger partial charge in [0.25, 0.3) is 0 Å². The SMILES string of the molecule is O=C(NN=C(Cc1ccccc1)C(F)(F)F)c1ccco1. The van der Waals surface area contributed by atoms with Crippen LogP contribution in [0, 0.1) is 0 Å². The van der Waals surface area contributed by atoms with E-state index in [1.54, 1.807) is 30.3 Å². The molecule has 2 aromatic rings. The summed E-state index contributed by atoms with van der Waals surface area (Å²) in [5.41, 5.74) is 1.20. The van der Waals surface area contributed by atoms with E-state index in [0.717, 1.165) is 0 Å². The van der Waals surface area contributed by atoms with Crippen molar-refractivity contribution in [3.05, 3.63) is 60.1 Å². The van der Waals surface area contributed by atoms with Gasteiger partial charge in [-0.2, -0.15) is 18.3 Å². The van der Waals surface area contributed by atoms with Crippen LogP contribution in [0.5, 0.6) is 0 Å². The molecule has 0 spiro atoms. The Kier molecular flexibility index (Phi) is 4.42. The molecule has 1 N–H and O–H groups in total. The van der Waals surface area contributed by atoms with E-state index >= 15 is 0 Å². The number of furan rings is 1. The first-order valence-corrected chi connectivity index (χ1v) is 5.98. The van der Waals surface area contributed by atoms with Gasteiger partial charge in [0, 0.05) is 6.42 Å². The maximum absolute atomic E-state index is 12.9. The summed E-state index contributed by atoms with van der Waals surface area (Å²) >= 11 is 0. The Bertz CT molecular complexity index is 619. The highest BCUT2D eigenvalue weighted by Gasteiger charge is 2.36. The molecule has 0 aliphatic rings. The van der Waals surface area contributed by atoms with Gasteiger partial charge in [-0.25, -0.2) is 5.43 Å². The molecule has 1 heterocycles. The van der Waals surface area contributed by atoms with Crippen molar-refractivity contribution in [3.63, 3.8) is 0 Å². The Morgan fingerprint density at radius 1 is 1.14 bits per heavy atom. The van der Waals surface area contributed by atoms with Gasteiger partial charge in [0.1, 0.15) is 5.71 Å². The smallest absolute Gasteiger partial charge is 0.431 e. The first-order valence-electron chi connectivity index (χ1n) is 5.98. The number of carbonyl (C=O) groups excluding carboxylic acids is 1. The van der Waals surface area contributed by atoms with Crippen LogP contribution in [-0.2, 0) is 6.42 Å². The van der Waals surface area contributed by atoms with Crippen molar-refractivity contribution < 1.29 is 22.4 Å². The fraction of sp³-hybridized carbons (Fsp3) is 0.143. The average Bonchev–Trinajstić information content (AvgIpc) is 2.97. The van der Waals surface area contributed by atoms with Gasteiger partial charge < -0.3 is 4.42 Å². The number of hydrogen-bond acceptors (Lipinski definition) is 3. The van der Waals surface area contributed by atoms with Gasteiger partial charge in [-0.3, -0.25) is 4.79 Å². The van der Waals surface area contributed by atoms with Crippen molar-refractivity contribution >= 4 is 11.6 Å². The zero-order valence-electron chi connectivity index (χ0n) is 10.7. The summed E-state index contributed by atoms with van der Waals surface area (Å²) in [5.74, 6) is -0.949. The van der Waals surface area contributed by atoms with Crippen LogP contribution in [0.2, 0.25) is 0 Å². The fourth-order valence-electron chi connectivity index (χ4n) is 1.57. The number of alkyl halides is 3. The average molecular weight is 296 g/mol. The van der Waals surface area contributed by atoms with E-state index in [2.05, 4.69) is 5.10 Å². The maximum atomic E-state index is 12.9. The lowest BCUT2D eigenvalue weighted by molar-refractivity contribution is -0.0604. The Balaban J connectivity index is 2.13. The van der Waals surface area contributed by atoms with Crippen molar-refractivity contribution in [2.45, 2.75) is 12.6 Å². The largest absolute Gasteiger partial charge is 0.459 e. The van der Waals surface area contributed by atoms with Crippen LogP contribution in [0.3, 0.4) is 0 Å². The highest BCUT2D eigenvalue weighted by molar-refractivity contribution is 5.95. The molecule has 1 aromatic carbocycles. The summed E-state index contributed by atoms with van der Waals surface area (Å²) in [4.78, 5) is 11.5. The number of nitrogens with one attached hydrogen (secondary N) is 1. The summed E-state index contributed by atoms with van der Waals surface area (Å²) in [6.45, 7) is 0. The minimum Gasteiger partial charge on any atom is -0.459 e. The summed E-state index contributed by atoms with van der Waals surface area (Å²) in [6.07, 6.45) is -3.82. The number of nitrogens with zero attached hydrogens (tertiary/aromatic N) is 1. The van der Waals surface area contributed by atoms with E-state index < -0.39 is 24.2 Å². The Labute approximate surface area is 118 Å². The number of carbonyl (C=O) groups is 1. The zero-order chi connectivity index (χ0) is 15.3. The second-order valence-corrected chi connectivity index (χ2v) is 4.14. The van der Waals surface area contributed by atoms with Crippen LogP contribution in [-0.4, -0.2) is 17.8 Å². The summed E-state index contributed by atoms with van der Waals surface area (Å²) in [6, 6.07) is 10.8. The third-order valence-corrected chi connectivity index (χ3v) is 2.58. The number of rotatable bonds is 4. The molecule has 0 bridgehead atoms. The van der Waals surface area contributed by atoms with Crippen LogP contribution < -0.4 is 5.43 Å². The lowest BCUT2D eigenvalue weighted by Crippen LogP contribution is -2.29. The normalized spacial score (nSPS) is 12.2. The lowest BCUT2D eigenvalue weighted by atomic mass is 10.1. The molecule has 110 valence electrons. The van der Waals surface area contributed by atoms with E-state index in [4.69, 9.17) is 4.42 Å². The minimum absolute atomic E-state index is 0.111. The van der Waals surface area contributed by atoms with Gasteiger partial charge in [-0.1, -0.05) is 30.3 Å². The van der Waals surface area contributed by atoms with E-state index in [1.807, 2.05) is 5.43 Å². The first kappa shape index (κ1) is 14.8. The highest BCUT2D eigenvalue weighted by atomic mass is 19.4. The van der Waals surface area contributed by atoms with Gasteiger partial charge in [-0.05, 0) is 17.7 Å². The molecule has 0 saturated heterocycles. The van der Waals surface area contributed by atoms with Crippen LogP contribution >= 0.6 is 0 Å². The van der Waals surface area contributed by atoms with Crippen molar-refractivity contribution in [2.75, 3.05) is 0 Å². The second-order valence-electron chi connectivity index (χ2n) is 4.14. The predicted octanol–water partition coefficient (Wildman–Crippen LogP) is 3.17. The third-order valence-electron chi connectivity index (χ3n) is 2.58. The van der Waals surface area contributed by atoms with Crippen LogP contribution in [0.4, 0.5) is 13.2 Å². The van der Waals surface area contributed by atoms with E-state index in [9.17, 15) is 18.0 Å². The van der Waals surface area contributed by atoms with Crippen molar-refractivity contribution in [1.29, 1.82) is 0 Å². The molecule has 0 saturated carbocycles. The van der Waals surface area contributed by atoms with Crippen molar-refractivity contribution in [1.82, 2.24) is 5.43 Å². The lowest BCUT2D eigenvalue weighted by Gasteiger charge is -2.10. The van der Waals surface area contributed by atoms with E-state index in [0.29, 0.717) is 5.56 Å². The summed E-state index contributed by atoms with van der Waals surface area (Å²) in [5, 5.41) is 3.18. The Morgan fingerprint density at radius 3 is 2.43 bits per heavy atom.